The number of anilines is 1. The monoisotopic (exact) mass is 271 g/mol. The predicted octanol–water partition coefficient (Wildman–Crippen LogP) is 3.36. The molecular weight excluding hydrogens is 246 g/mol. The lowest BCUT2D eigenvalue weighted by atomic mass is 9.94. The fourth-order valence-corrected chi connectivity index (χ4v) is 2.60. The van der Waals surface area contributed by atoms with Gasteiger partial charge in [0.05, 0.1) is 0 Å². The second kappa shape index (κ2) is 5.89. The van der Waals surface area contributed by atoms with Crippen LogP contribution >= 0.6 is 0 Å². The van der Waals surface area contributed by atoms with E-state index in [1.807, 2.05) is 6.92 Å². The topological polar surface area (TPSA) is 23.5 Å². The zero-order chi connectivity index (χ0) is 14.8. The third kappa shape index (κ3) is 3.16. The number of rotatable bonds is 2. The minimum absolute atomic E-state index is 0.510. The van der Waals surface area contributed by atoms with Gasteiger partial charge < -0.3 is 10.0 Å². The molecule has 0 fully saturated rings. The van der Waals surface area contributed by atoms with Gasteiger partial charge in [0.15, 0.2) is 0 Å². The van der Waals surface area contributed by atoms with E-state index in [-0.39, 0.29) is 0 Å². The Kier molecular flexibility index (Phi) is 4.40. The Labute approximate surface area is 122 Å². The maximum atomic E-state index is 10.0. The smallest absolute Gasteiger partial charge is 0.122 e. The molecule has 0 aliphatic carbocycles. The van der Waals surface area contributed by atoms with Crippen molar-refractivity contribution < 1.29 is 5.11 Å². The molecule has 1 aliphatic heterocycles. The summed E-state index contributed by atoms with van der Waals surface area (Å²) in [6.45, 7) is 9.31. The van der Waals surface area contributed by atoms with E-state index in [1.165, 1.54) is 17.7 Å². The Morgan fingerprint density at radius 2 is 2.15 bits per heavy atom. The average molecular weight is 271 g/mol. The van der Waals surface area contributed by atoms with Gasteiger partial charge in [-0.25, -0.2) is 0 Å². The molecule has 0 aromatic heterocycles. The molecule has 108 valence electrons. The second-order valence-electron chi connectivity index (χ2n) is 6.07. The molecule has 1 aliphatic rings. The highest BCUT2D eigenvalue weighted by Gasteiger charge is 2.21. The summed E-state index contributed by atoms with van der Waals surface area (Å²) in [6.07, 6.45) is 2.90. The summed E-state index contributed by atoms with van der Waals surface area (Å²) in [5, 5.41) is 10.0. The molecule has 1 atom stereocenters. The Balaban J connectivity index is 2.40. The molecule has 0 bridgehead atoms. The van der Waals surface area contributed by atoms with Crippen molar-refractivity contribution in [2.75, 3.05) is 11.4 Å². The first-order valence-electron chi connectivity index (χ1n) is 7.58. The summed E-state index contributed by atoms with van der Waals surface area (Å²) in [5.74, 6) is 6.20. The lowest BCUT2D eigenvalue weighted by molar-refractivity contribution is 0.118. The first-order valence-corrected chi connectivity index (χ1v) is 7.58. The van der Waals surface area contributed by atoms with Crippen molar-refractivity contribution in [1.29, 1.82) is 0 Å². The molecule has 0 saturated carbocycles. The van der Waals surface area contributed by atoms with Gasteiger partial charge in [-0.3, -0.25) is 0 Å². The quantitative estimate of drug-likeness (QED) is 0.834. The maximum Gasteiger partial charge on any atom is 0.122 e. The molecule has 1 aromatic carbocycles. The van der Waals surface area contributed by atoms with Gasteiger partial charge in [0.1, 0.15) is 5.60 Å². The van der Waals surface area contributed by atoms with Gasteiger partial charge in [-0.15, -0.1) is 0 Å². The first kappa shape index (κ1) is 14.9. The molecule has 1 heterocycles. The van der Waals surface area contributed by atoms with E-state index in [2.05, 4.69) is 48.8 Å². The summed E-state index contributed by atoms with van der Waals surface area (Å²) in [5.41, 5.74) is 2.83. The molecular formula is C18H25NO. The van der Waals surface area contributed by atoms with Crippen molar-refractivity contribution in [2.45, 2.75) is 58.6 Å². The highest BCUT2D eigenvalue weighted by molar-refractivity contribution is 5.62. The maximum absolute atomic E-state index is 10.0. The van der Waals surface area contributed by atoms with Crippen molar-refractivity contribution in [3.05, 3.63) is 29.3 Å². The van der Waals surface area contributed by atoms with E-state index in [4.69, 9.17) is 0 Å². The lowest BCUT2D eigenvalue weighted by Crippen LogP contribution is -2.35. The Bertz CT molecular complexity index is 534. The second-order valence-corrected chi connectivity index (χ2v) is 6.07. The number of nitrogens with zero attached hydrogens (tertiary/aromatic N) is 1. The van der Waals surface area contributed by atoms with E-state index in [1.54, 1.807) is 6.92 Å². The van der Waals surface area contributed by atoms with Gasteiger partial charge in [-0.05, 0) is 57.7 Å². The van der Waals surface area contributed by atoms with Gasteiger partial charge >= 0.3 is 0 Å². The molecule has 0 spiro atoms. The third-order valence-corrected chi connectivity index (χ3v) is 4.06. The van der Waals surface area contributed by atoms with Gasteiger partial charge in [-0.2, -0.15) is 0 Å². The number of aliphatic hydroxyl groups is 1. The van der Waals surface area contributed by atoms with Crippen LogP contribution in [0, 0.1) is 11.8 Å². The number of hydrogen-bond acceptors (Lipinski definition) is 2. The van der Waals surface area contributed by atoms with Crippen LogP contribution in [0.5, 0.6) is 0 Å². The van der Waals surface area contributed by atoms with Crippen LogP contribution in [0.25, 0.3) is 0 Å². The third-order valence-electron chi connectivity index (χ3n) is 4.06. The zero-order valence-electron chi connectivity index (χ0n) is 13.0. The van der Waals surface area contributed by atoms with Crippen LogP contribution < -0.4 is 4.90 Å². The van der Waals surface area contributed by atoms with Crippen LogP contribution in [0.3, 0.4) is 0 Å². The molecule has 2 rings (SSSR count). The summed E-state index contributed by atoms with van der Waals surface area (Å²) >= 11 is 0. The van der Waals surface area contributed by atoms with E-state index >= 15 is 0 Å². The predicted molar refractivity (Wildman–Crippen MR) is 85.0 cm³/mol. The SMILES string of the molecule is CCC(C)(O)C#Cc1cccc2c1CCCN2C(C)C. The average Bonchev–Trinajstić information content (AvgIpc) is 2.44. The summed E-state index contributed by atoms with van der Waals surface area (Å²) in [7, 11) is 0. The molecule has 1 N–H and O–H groups in total. The molecule has 0 saturated heterocycles. The molecule has 2 nitrogen and oxygen atoms in total. The highest BCUT2D eigenvalue weighted by atomic mass is 16.3. The lowest BCUT2D eigenvalue weighted by Gasteiger charge is -2.35. The van der Waals surface area contributed by atoms with Crippen molar-refractivity contribution in [3.8, 4) is 11.8 Å². The van der Waals surface area contributed by atoms with Crippen LogP contribution in [0.15, 0.2) is 18.2 Å². The Hall–Kier alpha value is -1.46. The van der Waals surface area contributed by atoms with Crippen molar-refractivity contribution in [1.82, 2.24) is 0 Å². The van der Waals surface area contributed by atoms with Crippen LogP contribution in [0.4, 0.5) is 5.69 Å². The fraction of sp³-hybridized carbons (Fsp3) is 0.556. The molecule has 20 heavy (non-hydrogen) atoms. The first-order chi connectivity index (χ1) is 9.44. The summed E-state index contributed by atoms with van der Waals surface area (Å²) in [4.78, 5) is 2.45. The van der Waals surface area contributed by atoms with Gasteiger partial charge in [0.2, 0.25) is 0 Å². The minimum atomic E-state index is -0.894. The molecule has 1 aromatic rings. The summed E-state index contributed by atoms with van der Waals surface area (Å²) in [6, 6.07) is 6.85. The largest absolute Gasteiger partial charge is 0.378 e. The van der Waals surface area contributed by atoms with E-state index < -0.39 is 5.60 Å². The van der Waals surface area contributed by atoms with Crippen LogP contribution in [-0.4, -0.2) is 23.3 Å². The zero-order valence-corrected chi connectivity index (χ0v) is 13.0. The number of hydrogen-bond donors (Lipinski definition) is 1. The van der Waals surface area contributed by atoms with Gasteiger partial charge in [0, 0.05) is 23.8 Å². The Morgan fingerprint density at radius 3 is 2.80 bits per heavy atom. The normalized spacial score (nSPS) is 17.2. The van der Waals surface area contributed by atoms with Crippen molar-refractivity contribution in [3.63, 3.8) is 0 Å². The van der Waals surface area contributed by atoms with Crippen LogP contribution in [0.2, 0.25) is 0 Å². The van der Waals surface area contributed by atoms with Gasteiger partial charge in [-0.1, -0.05) is 24.8 Å². The standard InChI is InChI=1S/C18H25NO/c1-5-18(4,20)12-11-15-8-6-10-17-16(15)9-7-13-19(17)14(2)3/h6,8,10,14,20H,5,7,9,13H2,1-4H3. The molecule has 0 amide bonds. The number of fused-ring (bicyclic) bond motifs is 1. The fourth-order valence-electron chi connectivity index (χ4n) is 2.60. The molecule has 2 heteroatoms. The summed E-state index contributed by atoms with van der Waals surface area (Å²) < 4.78 is 0. The van der Waals surface area contributed by atoms with E-state index in [0.29, 0.717) is 12.5 Å². The van der Waals surface area contributed by atoms with Crippen LogP contribution in [-0.2, 0) is 6.42 Å². The molecule has 0 radical (unpaired) electrons. The highest BCUT2D eigenvalue weighted by Crippen LogP contribution is 2.31. The van der Waals surface area contributed by atoms with Gasteiger partial charge in [0.25, 0.3) is 0 Å². The number of benzene rings is 1. The van der Waals surface area contributed by atoms with Crippen molar-refractivity contribution in [2.24, 2.45) is 0 Å². The van der Waals surface area contributed by atoms with E-state index in [9.17, 15) is 5.11 Å². The Morgan fingerprint density at radius 1 is 1.40 bits per heavy atom. The molecule has 1 unspecified atom stereocenters. The van der Waals surface area contributed by atoms with Crippen LogP contribution in [0.1, 0.15) is 51.7 Å². The minimum Gasteiger partial charge on any atom is -0.378 e. The van der Waals surface area contributed by atoms with Crippen molar-refractivity contribution >= 4 is 5.69 Å². The van der Waals surface area contributed by atoms with E-state index in [0.717, 1.165) is 18.5 Å².